The van der Waals surface area contributed by atoms with E-state index in [4.69, 9.17) is 11.6 Å². The van der Waals surface area contributed by atoms with E-state index in [0.29, 0.717) is 5.03 Å². The quantitative estimate of drug-likeness (QED) is 0.782. The van der Waals surface area contributed by atoms with Crippen LogP contribution in [0.1, 0.15) is 5.56 Å². The zero-order valence-corrected chi connectivity index (χ0v) is 11.8. The van der Waals surface area contributed by atoms with Crippen LogP contribution in [0, 0.1) is 0 Å². The number of halogens is 4. The van der Waals surface area contributed by atoms with Crippen LogP contribution in [0.4, 0.5) is 13.2 Å². The highest BCUT2D eigenvalue weighted by molar-refractivity contribution is 8.02. The highest BCUT2D eigenvalue weighted by Crippen LogP contribution is 2.34. The Morgan fingerprint density at radius 2 is 2.00 bits per heavy atom. The molecule has 1 aromatic heterocycles. The molecule has 0 saturated carbocycles. The number of pyridine rings is 1. The molecule has 1 fully saturated rings. The van der Waals surface area contributed by atoms with Gasteiger partial charge in [-0.25, -0.2) is 13.4 Å². The molecule has 1 saturated heterocycles. The lowest BCUT2D eigenvalue weighted by Gasteiger charge is -2.11. The van der Waals surface area contributed by atoms with E-state index >= 15 is 0 Å². The summed E-state index contributed by atoms with van der Waals surface area (Å²) >= 11 is 7.00. The standard InChI is InChI=1S/C10H9ClF3NO2S2/c11-7-4-19(16,17)5-8(7)18-9-2-1-6(3-15-9)10(12,13)14/h1-3,7-8H,4-5H2/t7-,8-/m1/s1. The minimum atomic E-state index is -4.43. The summed E-state index contributed by atoms with van der Waals surface area (Å²) in [6.07, 6.45) is -3.70. The van der Waals surface area contributed by atoms with Crippen LogP contribution in [0.2, 0.25) is 0 Å². The van der Waals surface area contributed by atoms with Crippen LogP contribution in [0.5, 0.6) is 0 Å². The van der Waals surface area contributed by atoms with Crippen molar-refractivity contribution in [2.24, 2.45) is 0 Å². The van der Waals surface area contributed by atoms with Gasteiger partial charge in [0, 0.05) is 11.4 Å². The van der Waals surface area contributed by atoms with Crippen molar-refractivity contribution >= 4 is 33.2 Å². The van der Waals surface area contributed by atoms with Crippen molar-refractivity contribution in [1.82, 2.24) is 4.98 Å². The fraction of sp³-hybridized carbons (Fsp3) is 0.500. The van der Waals surface area contributed by atoms with Gasteiger partial charge in [0.1, 0.15) is 0 Å². The normalized spacial score (nSPS) is 26.5. The smallest absolute Gasteiger partial charge is 0.249 e. The maximum Gasteiger partial charge on any atom is 0.417 e. The molecule has 1 aliphatic heterocycles. The van der Waals surface area contributed by atoms with Crippen molar-refractivity contribution in [2.45, 2.75) is 21.8 Å². The van der Waals surface area contributed by atoms with Gasteiger partial charge in [0.25, 0.3) is 0 Å². The molecule has 0 spiro atoms. The average Bonchev–Trinajstić information content (AvgIpc) is 2.51. The van der Waals surface area contributed by atoms with Crippen molar-refractivity contribution in [2.75, 3.05) is 11.5 Å². The lowest BCUT2D eigenvalue weighted by Crippen LogP contribution is -2.14. The molecule has 3 nitrogen and oxygen atoms in total. The minimum absolute atomic E-state index is 0.0749. The summed E-state index contributed by atoms with van der Waals surface area (Å²) in [7, 11) is -3.16. The summed E-state index contributed by atoms with van der Waals surface area (Å²) in [5.41, 5.74) is -0.835. The van der Waals surface area contributed by atoms with Gasteiger partial charge >= 0.3 is 6.18 Å². The van der Waals surface area contributed by atoms with Crippen molar-refractivity contribution in [3.63, 3.8) is 0 Å². The van der Waals surface area contributed by atoms with Gasteiger partial charge in [-0.05, 0) is 12.1 Å². The highest BCUT2D eigenvalue weighted by Gasteiger charge is 2.37. The van der Waals surface area contributed by atoms with Crippen LogP contribution >= 0.6 is 23.4 Å². The van der Waals surface area contributed by atoms with E-state index in [1.165, 1.54) is 6.07 Å². The molecule has 1 aromatic rings. The molecular weight excluding hydrogens is 323 g/mol. The monoisotopic (exact) mass is 331 g/mol. The number of alkyl halides is 4. The molecule has 0 unspecified atom stereocenters. The summed E-state index contributed by atoms with van der Waals surface area (Å²) in [6, 6.07) is 2.14. The Kier molecular flexibility index (Phi) is 4.04. The number of aromatic nitrogens is 1. The summed E-state index contributed by atoms with van der Waals surface area (Å²) in [5.74, 6) is -0.179. The minimum Gasteiger partial charge on any atom is -0.249 e. The van der Waals surface area contributed by atoms with Gasteiger partial charge in [0.2, 0.25) is 0 Å². The van der Waals surface area contributed by atoms with E-state index in [-0.39, 0.29) is 16.8 Å². The Hall–Kier alpha value is -0.470. The van der Waals surface area contributed by atoms with Crippen LogP contribution in [0.3, 0.4) is 0 Å². The van der Waals surface area contributed by atoms with Gasteiger partial charge in [-0.15, -0.1) is 23.4 Å². The Labute approximate surface area is 117 Å². The summed E-state index contributed by atoms with van der Waals surface area (Å²) in [5, 5.41) is -0.587. The Morgan fingerprint density at radius 3 is 2.42 bits per heavy atom. The third kappa shape index (κ3) is 3.76. The Balaban J connectivity index is 2.09. The molecule has 2 rings (SSSR count). The molecule has 19 heavy (non-hydrogen) atoms. The van der Waals surface area contributed by atoms with Gasteiger partial charge in [-0.3, -0.25) is 0 Å². The van der Waals surface area contributed by atoms with Crippen LogP contribution in [0.25, 0.3) is 0 Å². The second-order valence-electron chi connectivity index (χ2n) is 4.13. The van der Waals surface area contributed by atoms with Crippen molar-refractivity contribution in [3.8, 4) is 0 Å². The van der Waals surface area contributed by atoms with Gasteiger partial charge in [0.05, 0.1) is 27.5 Å². The summed E-state index contributed by atoms with van der Waals surface area (Å²) in [6.45, 7) is 0. The first kappa shape index (κ1) is 14.9. The topological polar surface area (TPSA) is 47.0 Å². The summed E-state index contributed by atoms with van der Waals surface area (Å²) in [4.78, 5) is 3.68. The number of thioether (sulfide) groups is 1. The van der Waals surface area contributed by atoms with E-state index in [2.05, 4.69) is 4.98 Å². The first-order valence-corrected chi connectivity index (χ1v) is 8.35. The molecule has 0 aromatic carbocycles. The average molecular weight is 332 g/mol. The number of sulfone groups is 1. The molecule has 0 bridgehead atoms. The van der Waals surface area contributed by atoms with Gasteiger partial charge in [0.15, 0.2) is 9.84 Å². The van der Waals surface area contributed by atoms with Crippen molar-refractivity contribution < 1.29 is 21.6 Å². The zero-order chi connectivity index (χ0) is 14.3. The van der Waals surface area contributed by atoms with Crippen molar-refractivity contribution in [3.05, 3.63) is 23.9 Å². The number of nitrogens with zero attached hydrogens (tertiary/aromatic N) is 1. The SMILES string of the molecule is O=S1(=O)C[C@@H](Cl)[C@H](Sc2ccc(C(F)(F)F)cn2)C1. The third-order valence-corrected chi connectivity index (χ3v) is 6.59. The van der Waals surface area contributed by atoms with Crippen molar-refractivity contribution in [1.29, 1.82) is 0 Å². The van der Waals surface area contributed by atoms with E-state index in [1.807, 2.05) is 0 Å². The number of hydrogen-bond acceptors (Lipinski definition) is 4. The van der Waals surface area contributed by atoms with E-state index in [0.717, 1.165) is 24.0 Å². The van der Waals surface area contributed by atoms with Gasteiger partial charge in [-0.2, -0.15) is 13.2 Å². The van der Waals surface area contributed by atoms with Gasteiger partial charge < -0.3 is 0 Å². The molecule has 0 N–H and O–H groups in total. The van der Waals surface area contributed by atoms with Crippen LogP contribution in [-0.2, 0) is 16.0 Å². The predicted molar refractivity (Wildman–Crippen MR) is 67.2 cm³/mol. The molecule has 2 heterocycles. The molecule has 2 atom stereocenters. The zero-order valence-electron chi connectivity index (χ0n) is 9.39. The van der Waals surface area contributed by atoms with E-state index < -0.39 is 27.0 Å². The molecular formula is C10H9ClF3NO2S2. The number of rotatable bonds is 2. The maximum atomic E-state index is 12.3. The maximum absolute atomic E-state index is 12.3. The lowest BCUT2D eigenvalue weighted by atomic mass is 10.3. The third-order valence-electron chi connectivity index (χ3n) is 2.57. The molecule has 1 aliphatic rings. The molecule has 9 heteroatoms. The van der Waals surface area contributed by atoms with Crippen LogP contribution in [0.15, 0.2) is 23.4 Å². The highest BCUT2D eigenvalue weighted by atomic mass is 35.5. The van der Waals surface area contributed by atoms with Crippen LogP contribution in [-0.4, -0.2) is 35.5 Å². The Bertz CT molecular complexity index is 559. The first-order chi connectivity index (χ1) is 8.67. The lowest BCUT2D eigenvalue weighted by molar-refractivity contribution is -0.137. The largest absolute Gasteiger partial charge is 0.417 e. The second kappa shape index (κ2) is 5.14. The fourth-order valence-electron chi connectivity index (χ4n) is 1.65. The fourth-order valence-corrected chi connectivity index (χ4v) is 5.99. The van der Waals surface area contributed by atoms with Gasteiger partial charge in [-0.1, -0.05) is 0 Å². The number of hydrogen-bond donors (Lipinski definition) is 0. The molecule has 0 radical (unpaired) electrons. The van der Waals surface area contributed by atoms with E-state index in [1.54, 1.807) is 0 Å². The summed E-state index contributed by atoms with van der Waals surface area (Å²) < 4.78 is 59.7. The second-order valence-corrected chi connectivity index (χ2v) is 8.11. The Morgan fingerprint density at radius 1 is 1.32 bits per heavy atom. The van der Waals surface area contributed by atoms with Crippen LogP contribution < -0.4 is 0 Å². The molecule has 0 aliphatic carbocycles. The molecule has 106 valence electrons. The predicted octanol–water partition coefficient (Wildman–Crippen LogP) is 2.60. The first-order valence-electron chi connectivity index (χ1n) is 5.22. The molecule has 0 amide bonds. The van der Waals surface area contributed by atoms with E-state index in [9.17, 15) is 21.6 Å².